The van der Waals surface area contributed by atoms with E-state index >= 15 is 0 Å². The lowest BCUT2D eigenvalue weighted by atomic mass is 9.86. The highest BCUT2D eigenvalue weighted by Gasteiger charge is 2.66. The second-order valence-electron chi connectivity index (χ2n) is 4.82. The normalized spacial score (nSPS) is 51.6. The van der Waals surface area contributed by atoms with Gasteiger partial charge in [0.2, 0.25) is 0 Å². The van der Waals surface area contributed by atoms with Crippen molar-refractivity contribution in [2.24, 2.45) is 0 Å². The van der Waals surface area contributed by atoms with E-state index in [1.807, 2.05) is 0 Å². The van der Waals surface area contributed by atoms with Crippen LogP contribution in [0.15, 0.2) is 0 Å². The van der Waals surface area contributed by atoms with Crippen molar-refractivity contribution < 1.29 is 4.74 Å². The van der Waals surface area contributed by atoms with Gasteiger partial charge in [0.1, 0.15) is 0 Å². The Labute approximate surface area is 90.4 Å². The first-order valence-electron chi connectivity index (χ1n) is 5.77. The highest BCUT2D eigenvalue weighted by atomic mass is 32.2. The van der Waals surface area contributed by atoms with Crippen molar-refractivity contribution in [3.05, 3.63) is 0 Å². The summed E-state index contributed by atoms with van der Waals surface area (Å²) >= 11 is 2.06. The Bertz CT molecular complexity index is 241. The summed E-state index contributed by atoms with van der Waals surface area (Å²) in [5.74, 6) is 0. The van der Waals surface area contributed by atoms with E-state index < -0.39 is 0 Å². The number of thioether (sulfide) groups is 1. The molecule has 3 atom stereocenters. The van der Waals surface area contributed by atoms with Crippen LogP contribution in [0.2, 0.25) is 0 Å². The number of nitrogens with zero attached hydrogens (tertiary/aromatic N) is 1. The lowest BCUT2D eigenvalue weighted by Crippen LogP contribution is -2.57. The first-order valence-corrected chi connectivity index (χ1v) is 7.00. The molecule has 0 aromatic heterocycles. The number of ether oxygens (including phenoxy) is 1. The molecule has 2 nitrogen and oxygen atoms in total. The molecule has 0 aromatic carbocycles. The molecule has 3 heterocycles. The quantitative estimate of drug-likeness (QED) is 0.620. The van der Waals surface area contributed by atoms with Crippen LogP contribution < -0.4 is 0 Å². The van der Waals surface area contributed by atoms with Crippen LogP contribution in [0, 0.1) is 0 Å². The van der Waals surface area contributed by atoms with Crippen molar-refractivity contribution in [2.75, 3.05) is 26.0 Å². The number of piperidine rings is 1. The minimum atomic E-state index is 0.168. The Balaban J connectivity index is 1.97. The summed E-state index contributed by atoms with van der Waals surface area (Å²) in [6.07, 6.45) is 9.13. The summed E-state index contributed by atoms with van der Waals surface area (Å²) in [4.78, 5) is 2.62. The van der Waals surface area contributed by atoms with Gasteiger partial charge in [0.25, 0.3) is 0 Å². The van der Waals surface area contributed by atoms with Gasteiger partial charge in [-0.2, -0.15) is 11.8 Å². The van der Waals surface area contributed by atoms with E-state index in [2.05, 4.69) is 22.9 Å². The van der Waals surface area contributed by atoms with Crippen molar-refractivity contribution in [2.45, 2.75) is 42.6 Å². The van der Waals surface area contributed by atoms with Crippen LogP contribution in [0.4, 0.5) is 0 Å². The maximum absolute atomic E-state index is 5.88. The molecular formula is C11H19NOS. The van der Waals surface area contributed by atoms with Crippen molar-refractivity contribution >= 4 is 11.8 Å². The molecule has 0 amide bonds. The molecule has 0 aromatic rings. The maximum atomic E-state index is 5.88. The molecule has 3 rings (SSSR count). The third-order valence-corrected chi connectivity index (χ3v) is 5.81. The molecule has 0 N–H and O–H groups in total. The maximum Gasteiger partial charge on any atom is 0.160 e. The third kappa shape index (κ3) is 1.06. The average Bonchev–Trinajstić information content (AvgIpc) is 2.99. The lowest BCUT2D eigenvalue weighted by molar-refractivity contribution is 0.0199. The Morgan fingerprint density at radius 1 is 1.14 bits per heavy atom. The summed E-state index contributed by atoms with van der Waals surface area (Å²) in [5.41, 5.74) is 0.168. The summed E-state index contributed by atoms with van der Waals surface area (Å²) in [6.45, 7) is 3.53. The highest BCUT2D eigenvalue weighted by Crippen LogP contribution is 2.57. The summed E-state index contributed by atoms with van der Waals surface area (Å²) in [7, 11) is 0. The van der Waals surface area contributed by atoms with Crippen LogP contribution in [0.3, 0.4) is 0 Å². The minimum Gasteiger partial charge on any atom is -0.352 e. The van der Waals surface area contributed by atoms with Crippen LogP contribution in [0.1, 0.15) is 32.1 Å². The van der Waals surface area contributed by atoms with E-state index in [9.17, 15) is 0 Å². The SMILES string of the molecule is CS[C@@]12CCCCN(CCC1)[C@@]21CO1. The van der Waals surface area contributed by atoms with Gasteiger partial charge in [-0.3, -0.25) is 4.90 Å². The Hall–Kier alpha value is 0.270. The van der Waals surface area contributed by atoms with Gasteiger partial charge < -0.3 is 4.74 Å². The minimum absolute atomic E-state index is 0.168. The van der Waals surface area contributed by atoms with Crippen molar-refractivity contribution in [1.82, 2.24) is 4.90 Å². The van der Waals surface area contributed by atoms with Gasteiger partial charge in [-0.15, -0.1) is 0 Å². The molecule has 1 unspecified atom stereocenters. The van der Waals surface area contributed by atoms with Crippen LogP contribution in [0.25, 0.3) is 0 Å². The largest absolute Gasteiger partial charge is 0.352 e. The molecule has 0 saturated carbocycles. The summed E-state index contributed by atoms with van der Waals surface area (Å²) in [5, 5.41) is 0. The molecule has 0 radical (unpaired) electrons. The molecule has 0 aliphatic carbocycles. The van der Waals surface area contributed by atoms with Crippen LogP contribution in [-0.4, -0.2) is 41.3 Å². The zero-order valence-corrected chi connectivity index (χ0v) is 9.74. The second kappa shape index (κ2) is 3.13. The second-order valence-corrected chi connectivity index (χ2v) is 6.01. The van der Waals surface area contributed by atoms with E-state index in [1.165, 1.54) is 45.2 Å². The first-order chi connectivity index (χ1) is 6.83. The molecule has 3 fully saturated rings. The molecule has 3 aliphatic rings. The Kier molecular flexibility index (Phi) is 2.12. The predicted octanol–water partition coefficient (Wildman–Crippen LogP) is 2.09. The van der Waals surface area contributed by atoms with E-state index in [0.717, 1.165) is 6.61 Å². The summed E-state index contributed by atoms with van der Waals surface area (Å²) < 4.78 is 6.32. The van der Waals surface area contributed by atoms with E-state index in [0.29, 0.717) is 4.75 Å². The van der Waals surface area contributed by atoms with Crippen molar-refractivity contribution in [3.8, 4) is 0 Å². The fourth-order valence-electron chi connectivity index (χ4n) is 3.42. The van der Waals surface area contributed by atoms with Gasteiger partial charge in [-0.25, -0.2) is 0 Å². The van der Waals surface area contributed by atoms with Gasteiger partial charge in [0, 0.05) is 13.1 Å². The Morgan fingerprint density at radius 3 is 2.57 bits per heavy atom. The van der Waals surface area contributed by atoms with Crippen molar-refractivity contribution in [3.63, 3.8) is 0 Å². The molecular weight excluding hydrogens is 194 g/mol. The molecule has 3 saturated heterocycles. The molecule has 3 heteroatoms. The van der Waals surface area contributed by atoms with E-state index in [4.69, 9.17) is 4.74 Å². The monoisotopic (exact) mass is 213 g/mol. The van der Waals surface area contributed by atoms with Crippen molar-refractivity contribution in [1.29, 1.82) is 0 Å². The van der Waals surface area contributed by atoms with E-state index in [1.54, 1.807) is 0 Å². The van der Waals surface area contributed by atoms with Gasteiger partial charge in [0.15, 0.2) is 5.72 Å². The van der Waals surface area contributed by atoms with Gasteiger partial charge in [-0.1, -0.05) is 6.42 Å². The zero-order valence-electron chi connectivity index (χ0n) is 8.92. The number of rotatable bonds is 1. The topological polar surface area (TPSA) is 15.8 Å². The predicted molar refractivity (Wildman–Crippen MR) is 59.6 cm³/mol. The fourth-order valence-corrected chi connectivity index (χ4v) is 4.69. The van der Waals surface area contributed by atoms with Crippen LogP contribution in [0.5, 0.6) is 0 Å². The lowest BCUT2D eigenvalue weighted by Gasteiger charge is -2.46. The number of epoxide rings is 1. The molecule has 80 valence electrons. The highest BCUT2D eigenvalue weighted by molar-refractivity contribution is 8.00. The smallest absolute Gasteiger partial charge is 0.160 e. The van der Waals surface area contributed by atoms with Crippen LogP contribution >= 0.6 is 11.8 Å². The summed E-state index contributed by atoms with van der Waals surface area (Å²) in [6, 6.07) is 0. The molecule has 14 heavy (non-hydrogen) atoms. The van der Waals surface area contributed by atoms with Gasteiger partial charge in [-0.05, 0) is 31.9 Å². The average molecular weight is 213 g/mol. The van der Waals surface area contributed by atoms with Gasteiger partial charge >= 0.3 is 0 Å². The fraction of sp³-hybridized carbons (Fsp3) is 1.00. The Morgan fingerprint density at radius 2 is 1.86 bits per heavy atom. The standard InChI is InChI=1S/C11H19NOS/c1-14-10-5-2-3-7-12(8-4-6-10)11(10)9-13-11/h2-9H2,1H3/t10-,11+/m0/s1. The van der Waals surface area contributed by atoms with Gasteiger partial charge in [0.05, 0.1) is 11.4 Å². The van der Waals surface area contributed by atoms with E-state index in [-0.39, 0.29) is 5.72 Å². The zero-order chi connectivity index (χ0) is 9.65. The number of hydrogen-bond acceptors (Lipinski definition) is 3. The number of hydrogen-bond donors (Lipinski definition) is 0. The van der Waals surface area contributed by atoms with Crippen LogP contribution in [-0.2, 0) is 4.74 Å². The first kappa shape index (κ1) is 9.49. The molecule has 2 bridgehead atoms. The molecule has 1 spiro atoms. The molecule has 3 aliphatic heterocycles. The third-order valence-electron chi connectivity index (χ3n) is 4.30.